The highest BCUT2D eigenvalue weighted by Gasteiger charge is 2.03. The van der Waals surface area contributed by atoms with Gasteiger partial charge in [-0.05, 0) is 0 Å². The van der Waals surface area contributed by atoms with Gasteiger partial charge in [0.05, 0.1) is 16.8 Å². The molecule has 156 valence electrons. The molecule has 13 heteroatoms. The average molecular weight is 551 g/mol. The second kappa shape index (κ2) is 24.2. The van der Waals surface area contributed by atoms with E-state index in [1.807, 2.05) is 35.3 Å². The quantitative estimate of drug-likeness (QED) is 0.125. The summed E-state index contributed by atoms with van der Waals surface area (Å²) in [5.74, 6) is 4.29. The van der Waals surface area contributed by atoms with Gasteiger partial charge >= 0.3 is 0 Å². The Hall–Kier alpha value is 2.93. The van der Waals surface area contributed by atoms with E-state index in [0.717, 1.165) is 48.4 Å². The van der Waals surface area contributed by atoms with Crippen LogP contribution in [0.25, 0.3) is 0 Å². The van der Waals surface area contributed by atoms with Crippen molar-refractivity contribution >= 4 is 123 Å². The second-order valence-electron chi connectivity index (χ2n) is 4.19. The third kappa shape index (κ3) is 23.2. The van der Waals surface area contributed by atoms with Crippen LogP contribution in [0.15, 0.2) is 0 Å². The smallest absolute Gasteiger partial charge is 0.198 e. The van der Waals surface area contributed by atoms with Gasteiger partial charge in [0.1, 0.15) is 0 Å². The zero-order valence-electron chi connectivity index (χ0n) is 14.4. The number of hydrogen-bond acceptors (Lipinski definition) is 12. The van der Waals surface area contributed by atoms with E-state index in [4.69, 9.17) is 5.11 Å². The number of hydrogen-bond donors (Lipinski definition) is 2. The van der Waals surface area contributed by atoms with Crippen LogP contribution in [0.5, 0.6) is 0 Å². The normalized spacial score (nSPS) is 12.4. The molecule has 0 aromatic carbocycles. The largest absolute Gasteiger partial charge is 0.386 e. The van der Waals surface area contributed by atoms with Crippen LogP contribution in [0.2, 0.25) is 0 Å². The van der Waals surface area contributed by atoms with Crippen LogP contribution in [0, 0.1) is 0 Å². The third-order valence-electron chi connectivity index (χ3n) is 2.23. The molecule has 3 nitrogen and oxygen atoms in total. The average Bonchev–Trinajstić information content (AvgIpc) is 2.64. The minimum Gasteiger partial charge on any atom is -0.386 e. The SMILES string of the molecule is O=C(CSCSCSCSCCS(=O)CSCS)SCCSCSCO. The van der Waals surface area contributed by atoms with Gasteiger partial charge < -0.3 is 5.11 Å². The lowest BCUT2D eigenvalue weighted by Crippen LogP contribution is -2.02. The van der Waals surface area contributed by atoms with Gasteiger partial charge in [0.2, 0.25) is 0 Å². The molecule has 26 heavy (non-hydrogen) atoms. The first-order valence-corrected chi connectivity index (χ1v) is 18.7. The maximum absolute atomic E-state index is 11.7. The Morgan fingerprint density at radius 3 is 2.23 bits per heavy atom. The van der Waals surface area contributed by atoms with E-state index in [-0.39, 0.29) is 11.1 Å². The Morgan fingerprint density at radius 2 is 1.50 bits per heavy atom. The summed E-state index contributed by atoms with van der Waals surface area (Å²) in [5.41, 5.74) is 0. The first kappa shape index (κ1) is 28.9. The summed E-state index contributed by atoms with van der Waals surface area (Å²) in [4.78, 5) is 11.7. The van der Waals surface area contributed by atoms with Gasteiger partial charge in [-0.1, -0.05) is 11.8 Å². The summed E-state index contributed by atoms with van der Waals surface area (Å²) in [6.07, 6.45) is 0. The Labute approximate surface area is 200 Å². The zero-order chi connectivity index (χ0) is 19.3. The number of aliphatic hydroxyl groups is 1. The maximum atomic E-state index is 11.7. The Kier molecular flexibility index (Phi) is 26.9. The van der Waals surface area contributed by atoms with Crippen LogP contribution >= 0.6 is 107 Å². The summed E-state index contributed by atoms with van der Waals surface area (Å²) in [5, 5.41) is 14.3. The molecular formula is C13H26O3S10. The first-order valence-electron chi connectivity index (χ1n) is 7.47. The molecule has 0 rings (SSSR count). The van der Waals surface area contributed by atoms with E-state index in [2.05, 4.69) is 12.6 Å². The molecule has 0 radical (unpaired) electrons. The molecule has 0 saturated heterocycles. The predicted octanol–water partition coefficient (Wildman–Crippen LogP) is 4.75. The second-order valence-corrected chi connectivity index (χ2v) is 16.6. The molecule has 1 N–H and O–H groups in total. The molecule has 0 aromatic rings. The van der Waals surface area contributed by atoms with Crippen molar-refractivity contribution in [2.75, 3.05) is 65.2 Å². The lowest BCUT2D eigenvalue weighted by molar-refractivity contribution is -0.108. The van der Waals surface area contributed by atoms with E-state index < -0.39 is 10.8 Å². The van der Waals surface area contributed by atoms with Gasteiger partial charge in [-0.15, -0.1) is 58.8 Å². The molecule has 0 aliphatic rings. The lowest BCUT2D eigenvalue weighted by atomic mass is 10.9. The Bertz CT molecular complexity index is 348. The lowest BCUT2D eigenvalue weighted by Gasteiger charge is -2.03. The molecule has 1 atom stereocenters. The van der Waals surface area contributed by atoms with E-state index in [1.54, 1.807) is 35.3 Å². The van der Waals surface area contributed by atoms with E-state index >= 15 is 0 Å². The summed E-state index contributed by atoms with van der Waals surface area (Å²) in [7, 11) is -0.712. The predicted molar refractivity (Wildman–Crippen MR) is 143 cm³/mol. The highest BCUT2D eigenvalue weighted by Crippen LogP contribution is 2.22. The van der Waals surface area contributed by atoms with Crippen molar-refractivity contribution in [1.29, 1.82) is 0 Å². The molecular weight excluding hydrogens is 525 g/mol. The summed E-state index contributed by atoms with van der Waals surface area (Å²) in [6, 6.07) is 0. The van der Waals surface area contributed by atoms with Gasteiger partial charge in [-0.3, -0.25) is 9.00 Å². The summed E-state index contributed by atoms with van der Waals surface area (Å²) in [6.45, 7) is 0. The van der Waals surface area contributed by atoms with Crippen molar-refractivity contribution in [2.24, 2.45) is 0 Å². The van der Waals surface area contributed by atoms with Crippen molar-refractivity contribution in [2.45, 2.75) is 0 Å². The zero-order valence-corrected chi connectivity index (χ0v) is 22.6. The van der Waals surface area contributed by atoms with Crippen LogP contribution in [0.1, 0.15) is 0 Å². The highest BCUT2D eigenvalue weighted by atomic mass is 32.3. The fraction of sp³-hybridized carbons (Fsp3) is 0.923. The standard InChI is InChI=1S/C13H26O3S10/c14-6-21-8-18-1-2-25-13(15)5-20-10-24-11-23-9-19-3-4-26(16)12-22-7-17/h14,17H,1-12H2. The molecule has 0 heterocycles. The molecule has 0 amide bonds. The molecule has 1 unspecified atom stereocenters. The van der Waals surface area contributed by atoms with Crippen LogP contribution in [0.3, 0.4) is 0 Å². The molecule has 0 aromatic heterocycles. The van der Waals surface area contributed by atoms with E-state index in [0.29, 0.717) is 10.8 Å². The van der Waals surface area contributed by atoms with Gasteiger partial charge in [0.25, 0.3) is 0 Å². The van der Waals surface area contributed by atoms with Crippen LogP contribution in [0.4, 0.5) is 0 Å². The van der Waals surface area contributed by atoms with Crippen molar-refractivity contribution in [3.05, 3.63) is 0 Å². The van der Waals surface area contributed by atoms with Gasteiger partial charge in [0, 0.05) is 59.2 Å². The van der Waals surface area contributed by atoms with Gasteiger partial charge in [-0.25, -0.2) is 0 Å². The Balaban J connectivity index is 3.20. The number of thioether (sulfide) groups is 8. The number of aliphatic hydroxyl groups excluding tert-OH is 1. The topological polar surface area (TPSA) is 54.4 Å². The van der Waals surface area contributed by atoms with Gasteiger partial charge in [-0.2, -0.15) is 36.2 Å². The summed E-state index contributed by atoms with van der Waals surface area (Å²) >= 11 is 17.7. The van der Waals surface area contributed by atoms with Crippen molar-refractivity contribution in [3.8, 4) is 0 Å². The number of thiol groups is 1. The van der Waals surface area contributed by atoms with Crippen LogP contribution in [-0.4, -0.2) is 79.6 Å². The van der Waals surface area contributed by atoms with Crippen molar-refractivity contribution in [3.63, 3.8) is 0 Å². The molecule has 0 saturated carbocycles. The minimum absolute atomic E-state index is 0.168. The van der Waals surface area contributed by atoms with E-state index in [9.17, 15) is 9.00 Å². The molecule has 0 fully saturated rings. The fourth-order valence-corrected chi connectivity index (χ4v) is 11.6. The number of carbonyl (C=O) groups is 1. The van der Waals surface area contributed by atoms with Crippen molar-refractivity contribution < 1.29 is 14.1 Å². The minimum atomic E-state index is -0.712. The van der Waals surface area contributed by atoms with E-state index in [1.165, 1.54) is 23.5 Å². The number of rotatable bonds is 20. The molecule has 0 spiro atoms. The van der Waals surface area contributed by atoms with Crippen molar-refractivity contribution in [1.82, 2.24) is 0 Å². The van der Waals surface area contributed by atoms with Crippen LogP contribution < -0.4 is 0 Å². The fourth-order valence-electron chi connectivity index (χ4n) is 1.18. The maximum Gasteiger partial charge on any atom is 0.198 e. The highest BCUT2D eigenvalue weighted by molar-refractivity contribution is 8.26. The molecule has 0 bridgehead atoms. The first-order chi connectivity index (χ1) is 12.7. The van der Waals surface area contributed by atoms with Gasteiger partial charge in [0.15, 0.2) is 5.12 Å². The molecule has 0 aliphatic carbocycles. The third-order valence-corrected chi connectivity index (χ3v) is 13.9. The Morgan fingerprint density at radius 1 is 0.846 bits per heavy atom. The van der Waals surface area contributed by atoms with Crippen LogP contribution in [-0.2, 0) is 15.6 Å². The molecule has 0 aliphatic heterocycles. The monoisotopic (exact) mass is 550 g/mol. The number of carbonyl (C=O) groups excluding carboxylic acids is 1. The summed E-state index contributed by atoms with van der Waals surface area (Å²) < 4.78 is 11.6.